The highest BCUT2D eigenvalue weighted by Gasteiger charge is 2.28. The molecule has 0 saturated heterocycles. The molecule has 18 heavy (non-hydrogen) atoms. The van der Waals surface area contributed by atoms with Crippen molar-refractivity contribution < 1.29 is 13.3 Å². The number of nitrogens with one attached hydrogen (secondary N) is 2. The molecule has 0 fully saturated rings. The van der Waals surface area contributed by atoms with Crippen LogP contribution in [-0.2, 0) is 10.0 Å². The molecule has 1 rings (SSSR count). The normalized spacial score (nSPS) is 12.4. The molecule has 0 radical (unpaired) electrons. The summed E-state index contributed by atoms with van der Waals surface area (Å²) in [5.74, 6) is 5.11. The number of hydrogen-bond donors (Lipinski definition) is 3. The molecule has 0 aliphatic carbocycles. The van der Waals surface area contributed by atoms with Gasteiger partial charge in [0.25, 0.3) is 10.0 Å². The van der Waals surface area contributed by atoms with E-state index in [1.807, 2.05) is 0 Å². The molecule has 0 atom stereocenters. The third-order valence-electron chi connectivity index (χ3n) is 1.72. The van der Waals surface area contributed by atoms with Crippen LogP contribution in [0.15, 0.2) is 10.3 Å². The minimum Gasteiger partial charge on any atom is -0.310 e. The molecule has 0 unspecified atom stereocenters. The topological polar surface area (TPSA) is 127 Å². The summed E-state index contributed by atoms with van der Waals surface area (Å²) >= 11 is 0.707. The number of nitrogens with zero attached hydrogens (tertiary/aromatic N) is 1. The predicted octanol–water partition coefficient (Wildman–Crippen LogP) is 1.02. The summed E-state index contributed by atoms with van der Waals surface area (Å²) in [6, 6.07) is 0.980. The first-order chi connectivity index (χ1) is 8.07. The smallest absolute Gasteiger partial charge is 0.306 e. The molecule has 0 amide bonds. The van der Waals surface area contributed by atoms with Crippen LogP contribution in [0.4, 0.5) is 10.7 Å². The van der Waals surface area contributed by atoms with E-state index < -0.39 is 20.5 Å². The summed E-state index contributed by atoms with van der Waals surface area (Å²) < 4.78 is 26.2. The van der Waals surface area contributed by atoms with Crippen molar-refractivity contribution in [3.05, 3.63) is 16.2 Å². The van der Waals surface area contributed by atoms with Gasteiger partial charge in [-0.25, -0.2) is 19.0 Å². The quantitative estimate of drug-likeness (QED) is 0.432. The summed E-state index contributed by atoms with van der Waals surface area (Å²) in [6.07, 6.45) is 0. The highest BCUT2D eigenvalue weighted by molar-refractivity contribution is 7.91. The molecule has 0 aliphatic rings. The zero-order valence-electron chi connectivity index (χ0n) is 10.1. The van der Waals surface area contributed by atoms with Crippen LogP contribution in [0.3, 0.4) is 0 Å². The van der Waals surface area contributed by atoms with Crippen LogP contribution in [0.25, 0.3) is 0 Å². The molecule has 0 bridgehead atoms. The number of nitrogen functional groups attached to an aromatic ring is 1. The van der Waals surface area contributed by atoms with Crippen LogP contribution in [-0.4, -0.2) is 18.9 Å². The van der Waals surface area contributed by atoms with Gasteiger partial charge in [0.1, 0.15) is 4.21 Å². The number of hydrazine groups is 1. The van der Waals surface area contributed by atoms with Gasteiger partial charge in [0.05, 0.1) is 4.92 Å². The summed E-state index contributed by atoms with van der Waals surface area (Å²) in [5, 5.41) is 10.7. The Balaban J connectivity index is 3.23. The lowest BCUT2D eigenvalue weighted by Gasteiger charge is -2.19. The average molecular weight is 294 g/mol. The lowest BCUT2D eigenvalue weighted by molar-refractivity contribution is -0.383. The van der Waals surface area contributed by atoms with E-state index in [9.17, 15) is 18.5 Å². The molecule has 0 aliphatic heterocycles. The first kappa shape index (κ1) is 14.8. The standard InChI is InChI=1S/C8H14N4O4S2/c1-8(2,3)11-18(15,16)6-4-5(12(13)14)7(10-9)17-6/h4,10-11H,9H2,1-3H3. The molecule has 8 nitrogen and oxygen atoms in total. The van der Waals surface area contributed by atoms with E-state index >= 15 is 0 Å². The Labute approximate surface area is 108 Å². The van der Waals surface area contributed by atoms with Gasteiger partial charge in [-0.3, -0.25) is 10.1 Å². The number of nitrogens with two attached hydrogens (primary N) is 1. The van der Waals surface area contributed by atoms with Gasteiger partial charge in [0, 0.05) is 11.6 Å². The van der Waals surface area contributed by atoms with E-state index in [2.05, 4.69) is 10.1 Å². The first-order valence-electron chi connectivity index (χ1n) is 4.85. The minimum atomic E-state index is -3.79. The molecule has 4 N–H and O–H groups in total. The molecular weight excluding hydrogens is 280 g/mol. The van der Waals surface area contributed by atoms with E-state index in [4.69, 9.17) is 5.84 Å². The van der Waals surface area contributed by atoms with Gasteiger partial charge in [-0.2, -0.15) is 0 Å². The summed E-state index contributed by atoms with van der Waals surface area (Å²) in [5.41, 5.74) is 1.08. The summed E-state index contributed by atoms with van der Waals surface area (Å²) in [6.45, 7) is 5.03. The Morgan fingerprint density at radius 3 is 2.33 bits per heavy atom. The van der Waals surface area contributed by atoms with E-state index in [1.54, 1.807) is 20.8 Å². The predicted molar refractivity (Wildman–Crippen MR) is 68.9 cm³/mol. The van der Waals surface area contributed by atoms with Crippen molar-refractivity contribution in [1.29, 1.82) is 0 Å². The molecule has 1 heterocycles. The monoisotopic (exact) mass is 294 g/mol. The van der Waals surface area contributed by atoms with E-state index in [0.29, 0.717) is 11.3 Å². The maximum atomic E-state index is 12.0. The fourth-order valence-electron chi connectivity index (χ4n) is 1.18. The van der Waals surface area contributed by atoms with Gasteiger partial charge in [0.15, 0.2) is 5.00 Å². The number of rotatable bonds is 4. The molecule has 10 heteroatoms. The van der Waals surface area contributed by atoms with Crippen molar-refractivity contribution in [2.75, 3.05) is 5.43 Å². The van der Waals surface area contributed by atoms with Crippen molar-refractivity contribution in [3.8, 4) is 0 Å². The van der Waals surface area contributed by atoms with Crippen molar-refractivity contribution in [2.45, 2.75) is 30.5 Å². The molecule has 102 valence electrons. The van der Waals surface area contributed by atoms with Crippen LogP contribution in [0.1, 0.15) is 20.8 Å². The van der Waals surface area contributed by atoms with Crippen molar-refractivity contribution in [1.82, 2.24) is 4.72 Å². The first-order valence-corrected chi connectivity index (χ1v) is 7.15. The number of hydrogen-bond acceptors (Lipinski definition) is 7. The summed E-state index contributed by atoms with van der Waals surface area (Å²) in [4.78, 5) is 10.0. The van der Waals surface area contributed by atoms with E-state index in [-0.39, 0.29) is 14.9 Å². The fraction of sp³-hybridized carbons (Fsp3) is 0.500. The summed E-state index contributed by atoms with van der Waals surface area (Å²) in [7, 11) is -3.79. The number of anilines is 1. The third-order valence-corrected chi connectivity index (χ3v) is 5.01. The van der Waals surface area contributed by atoms with Crippen LogP contribution in [0.2, 0.25) is 0 Å². The minimum absolute atomic E-state index is 0.00529. The second-order valence-electron chi connectivity index (χ2n) is 4.54. The lowest BCUT2D eigenvalue weighted by atomic mass is 10.1. The lowest BCUT2D eigenvalue weighted by Crippen LogP contribution is -2.40. The van der Waals surface area contributed by atoms with Gasteiger partial charge in [-0.05, 0) is 20.8 Å². The second-order valence-corrected chi connectivity index (χ2v) is 7.50. The van der Waals surface area contributed by atoms with Gasteiger partial charge in [-0.15, -0.1) is 0 Å². The fourth-order valence-corrected chi connectivity index (χ4v) is 3.84. The Hall–Kier alpha value is -1.23. The van der Waals surface area contributed by atoms with Crippen LogP contribution in [0, 0.1) is 10.1 Å². The Bertz CT molecular complexity index is 558. The second kappa shape index (κ2) is 4.80. The van der Waals surface area contributed by atoms with Crippen molar-refractivity contribution >= 4 is 32.0 Å². The number of thiophene rings is 1. The molecule has 1 aromatic heterocycles. The number of nitro groups is 1. The molecule has 0 spiro atoms. The highest BCUT2D eigenvalue weighted by atomic mass is 32.2. The Morgan fingerprint density at radius 2 is 2.00 bits per heavy atom. The molecule has 1 aromatic rings. The molecular formula is C8H14N4O4S2. The van der Waals surface area contributed by atoms with Crippen molar-refractivity contribution in [2.24, 2.45) is 5.84 Å². The van der Waals surface area contributed by atoms with Gasteiger partial charge >= 0.3 is 5.69 Å². The maximum Gasteiger partial charge on any atom is 0.306 e. The zero-order valence-corrected chi connectivity index (χ0v) is 11.7. The van der Waals surface area contributed by atoms with E-state index in [1.165, 1.54) is 0 Å². The zero-order chi connectivity index (χ0) is 14.1. The number of sulfonamides is 1. The van der Waals surface area contributed by atoms with Gasteiger partial charge in [-0.1, -0.05) is 11.3 Å². The van der Waals surface area contributed by atoms with Gasteiger partial charge < -0.3 is 5.43 Å². The Kier molecular flexibility index (Phi) is 3.96. The molecule has 0 saturated carbocycles. The van der Waals surface area contributed by atoms with Crippen LogP contribution >= 0.6 is 11.3 Å². The average Bonchev–Trinajstić information content (AvgIpc) is 2.57. The van der Waals surface area contributed by atoms with Crippen LogP contribution in [0.5, 0.6) is 0 Å². The SMILES string of the molecule is CC(C)(C)NS(=O)(=O)c1cc([N+](=O)[O-])c(NN)s1. The Morgan fingerprint density at radius 1 is 1.44 bits per heavy atom. The maximum absolute atomic E-state index is 12.0. The van der Waals surface area contributed by atoms with Crippen molar-refractivity contribution in [3.63, 3.8) is 0 Å². The highest BCUT2D eigenvalue weighted by Crippen LogP contribution is 2.36. The van der Waals surface area contributed by atoms with E-state index in [0.717, 1.165) is 6.07 Å². The largest absolute Gasteiger partial charge is 0.310 e. The third kappa shape index (κ3) is 3.38. The van der Waals surface area contributed by atoms with Gasteiger partial charge in [0.2, 0.25) is 0 Å². The molecule has 0 aromatic carbocycles. The van der Waals surface area contributed by atoms with Crippen LogP contribution < -0.4 is 16.0 Å².